The fraction of sp³-hybridized carbons (Fsp3) is 0.800. The van der Waals surface area contributed by atoms with Gasteiger partial charge in [-0.25, -0.2) is 0 Å². The fourth-order valence-electron chi connectivity index (χ4n) is 1.87. The molecule has 10 heavy (non-hydrogen) atoms. The Hall–Kier alpha value is -0.260. The SMILES string of the molecule is CC/C=C(\C)C1CCCC1. The first kappa shape index (κ1) is 7.84. The van der Waals surface area contributed by atoms with Gasteiger partial charge in [0, 0.05) is 0 Å². The van der Waals surface area contributed by atoms with E-state index in [1.165, 1.54) is 32.1 Å². The van der Waals surface area contributed by atoms with Gasteiger partial charge in [-0.3, -0.25) is 0 Å². The molecule has 0 aromatic carbocycles. The van der Waals surface area contributed by atoms with Crippen LogP contribution in [0, 0.1) is 5.92 Å². The Bertz CT molecular complexity index is 116. The van der Waals surface area contributed by atoms with Crippen molar-refractivity contribution < 1.29 is 0 Å². The number of hydrogen-bond donors (Lipinski definition) is 0. The van der Waals surface area contributed by atoms with Crippen molar-refractivity contribution in [2.45, 2.75) is 46.0 Å². The van der Waals surface area contributed by atoms with Gasteiger partial charge in [0.25, 0.3) is 0 Å². The van der Waals surface area contributed by atoms with Crippen LogP contribution in [0.25, 0.3) is 0 Å². The maximum Gasteiger partial charge on any atom is -0.0206 e. The van der Waals surface area contributed by atoms with Crippen LogP contribution in [0.3, 0.4) is 0 Å². The summed E-state index contributed by atoms with van der Waals surface area (Å²) in [5.41, 5.74) is 1.64. The third kappa shape index (κ3) is 1.86. The minimum atomic E-state index is 0.944. The predicted octanol–water partition coefficient (Wildman–Crippen LogP) is 3.53. The Morgan fingerprint density at radius 2 is 2.00 bits per heavy atom. The highest BCUT2D eigenvalue weighted by Gasteiger charge is 2.15. The Labute approximate surface area is 64.3 Å². The van der Waals surface area contributed by atoms with Crippen LogP contribution in [0.15, 0.2) is 11.6 Å². The summed E-state index contributed by atoms with van der Waals surface area (Å²) in [7, 11) is 0. The highest BCUT2D eigenvalue weighted by molar-refractivity contribution is 5.04. The maximum atomic E-state index is 2.38. The molecular formula is C10H18. The van der Waals surface area contributed by atoms with Crippen molar-refractivity contribution in [2.24, 2.45) is 5.92 Å². The zero-order valence-corrected chi connectivity index (χ0v) is 7.19. The van der Waals surface area contributed by atoms with Gasteiger partial charge >= 0.3 is 0 Å². The minimum Gasteiger partial charge on any atom is -0.0856 e. The molecule has 0 heterocycles. The Balaban J connectivity index is 2.39. The first-order valence-corrected chi connectivity index (χ1v) is 4.51. The van der Waals surface area contributed by atoms with Gasteiger partial charge in [0.15, 0.2) is 0 Å². The van der Waals surface area contributed by atoms with E-state index in [2.05, 4.69) is 19.9 Å². The lowest BCUT2D eigenvalue weighted by Crippen LogP contribution is -1.93. The molecule has 1 aliphatic carbocycles. The minimum absolute atomic E-state index is 0.944. The van der Waals surface area contributed by atoms with E-state index in [0.717, 1.165) is 5.92 Å². The molecule has 0 saturated heterocycles. The molecule has 0 radical (unpaired) electrons. The van der Waals surface area contributed by atoms with Gasteiger partial charge in [-0.05, 0) is 32.1 Å². The fourth-order valence-corrected chi connectivity index (χ4v) is 1.87. The van der Waals surface area contributed by atoms with E-state index in [-0.39, 0.29) is 0 Å². The van der Waals surface area contributed by atoms with Crippen LogP contribution in [-0.4, -0.2) is 0 Å². The van der Waals surface area contributed by atoms with E-state index in [0.29, 0.717) is 0 Å². The molecule has 58 valence electrons. The molecule has 0 nitrogen and oxygen atoms in total. The second-order valence-electron chi connectivity index (χ2n) is 3.34. The second kappa shape index (κ2) is 3.80. The van der Waals surface area contributed by atoms with Crippen molar-refractivity contribution in [1.82, 2.24) is 0 Å². The van der Waals surface area contributed by atoms with Gasteiger partial charge in [0.2, 0.25) is 0 Å². The molecule has 1 rings (SSSR count). The molecule has 0 amide bonds. The quantitative estimate of drug-likeness (QED) is 0.512. The first-order valence-electron chi connectivity index (χ1n) is 4.51. The van der Waals surface area contributed by atoms with Crippen LogP contribution < -0.4 is 0 Å². The second-order valence-corrected chi connectivity index (χ2v) is 3.34. The van der Waals surface area contributed by atoms with Crippen molar-refractivity contribution in [3.8, 4) is 0 Å². The van der Waals surface area contributed by atoms with Crippen LogP contribution in [0.1, 0.15) is 46.0 Å². The third-order valence-corrected chi connectivity index (χ3v) is 2.53. The normalized spacial score (nSPS) is 22.0. The van der Waals surface area contributed by atoms with Gasteiger partial charge in [0.1, 0.15) is 0 Å². The van der Waals surface area contributed by atoms with E-state index in [1.54, 1.807) is 5.57 Å². The topological polar surface area (TPSA) is 0 Å². The maximum absolute atomic E-state index is 2.38. The molecule has 0 spiro atoms. The lowest BCUT2D eigenvalue weighted by atomic mass is 9.98. The summed E-state index contributed by atoms with van der Waals surface area (Å²) in [4.78, 5) is 0. The molecule has 0 aromatic heterocycles. The number of hydrogen-bond acceptors (Lipinski definition) is 0. The molecule has 0 atom stereocenters. The van der Waals surface area contributed by atoms with E-state index in [9.17, 15) is 0 Å². The average molecular weight is 138 g/mol. The van der Waals surface area contributed by atoms with E-state index < -0.39 is 0 Å². The van der Waals surface area contributed by atoms with Crippen LogP contribution in [-0.2, 0) is 0 Å². The average Bonchev–Trinajstić information content (AvgIpc) is 2.38. The lowest BCUT2D eigenvalue weighted by molar-refractivity contribution is 0.639. The van der Waals surface area contributed by atoms with Crippen molar-refractivity contribution in [2.75, 3.05) is 0 Å². The van der Waals surface area contributed by atoms with Crippen molar-refractivity contribution >= 4 is 0 Å². The number of rotatable bonds is 2. The smallest absolute Gasteiger partial charge is 0.0206 e. The van der Waals surface area contributed by atoms with Crippen molar-refractivity contribution in [3.05, 3.63) is 11.6 Å². The highest BCUT2D eigenvalue weighted by Crippen LogP contribution is 2.30. The van der Waals surface area contributed by atoms with E-state index in [1.807, 2.05) is 0 Å². The van der Waals surface area contributed by atoms with Crippen LogP contribution in [0.4, 0.5) is 0 Å². The molecule has 1 saturated carbocycles. The van der Waals surface area contributed by atoms with Gasteiger partial charge in [-0.2, -0.15) is 0 Å². The number of allylic oxidation sites excluding steroid dienone is 2. The van der Waals surface area contributed by atoms with Gasteiger partial charge in [0.05, 0.1) is 0 Å². The summed E-state index contributed by atoms with van der Waals surface area (Å²) in [5, 5.41) is 0. The standard InChI is InChI=1S/C10H18/c1-3-6-9(2)10-7-4-5-8-10/h6,10H,3-5,7-8H2,1-2H3/b9-6+. The summed E-state index contributed by atoms with van der Waals surface area (Å²) >= 11 is 0. The predicted molar refractivity (Wildman–Crippen MR) is 46.0 cm³/mol. The lowest BCUT2D eigenvalue weighted by Gasteiger charge is -2.08. The molecular weight excluding hydrogens is 120 g/mol. The molecule has 0 bridgehead atoms. The van der Waals surface area contributed by atoms with Crippen molar-refractivity contribution in [3.63, 3.8) is 0 Å². The van der Waals surface area contributed by atoms with Gasteiger partial charge in [-0.1, -0.05) is 31.4 Å². The molecule has 1 aliphatic rings. The molecule has 0 aliphatic heterocycles. The van der Waals surface area contributed by atoms with Gasteiger partial charge < -0.3 is 0 Å². The first-order chi connectivity index (χ1) is 4.84. The summed E-state index contributed by atoms with van der Waals surface area (Å²) in [5.74, 6) is 0.944. The summed E-state index contributed by atoms with van der Waals surface area (Å²) in [6.45, 7) is 4.51. The Morgan fingerprint density at radius 3 is 2.50 bits per heavy atom. The summed E-state index contributed by atoms with van der Waals surface area (Å²) in [6.07, 6.45) is 9.40. The zero-order chi connectivity index (χ0) is 7.40. The molecule has 0 heteroatoms. The Kier molecular flexibility index (Phi) is 2.98. The van der Waals surface area contributed by atoms with Crippen LogP contribution in [0.2, 0.25) is 0 Å². The van der Waals surface area contributed by atoms with E-state index >= 15 is 0 Å². The van der Waals surface area contributed by atoms with Crippen LogP contribution in [0.5, 0.6) is 0 Å². The van der Waals surface area contributed by atoms with E-state index in [4.69, 9.17) is 0 Å². The summed E-state index contributed by atoms with van der Waals surface area (Å²) in [6, 6.07) is 0. The molecule has 0 aromatic rings. The largest absolute Gasteiger partial charge is 0.0856 e. The van der Waals surface area contributed by atoms with Crippen LogP contribution >= 0.6 is 0 Å². The monoisotopic (exact) mass is 138 g/mol. The third-order valence-electron chi connectivity index (χ3n) is 2.53. The Morgan fingerprint density at radius 1 is 1.40 bits per heavy atom. The summed E-state index contributed by atoms with van der Waals surface area (Å²) < 4.78 is 0. The van der Waals surface area contributed by atoms with Gasteiger partial charge in [-0.15, -0.1) is 0 Å². The molecule has 0 N–H and O–H groups in total. The zero-order valence-electron chi connectivity index (χ0n) is 7.19. The molecule has 1 fully saturated rings. The molecule has 0 unspecified atom stereocenters. The van der Waals surface area contributed by atoms with Crippen molar-refractivity contribution in [1.29, 1.82) is 0 Å². The highest BCUT2D eigenvalue weighted by atomic mass is 14.2.